The molecule has 0 saturated heterocycles. The van der Waals surface area contributed by atoms with E-state index >= 15 is 0 Å². The molecule has 1 amide bonds. The Balaban J connectivity index is 1.75. The molecule has 0 aliphatic carbocycles. The van der Waals surface area contributed by atoms with E-state index in [0.29, 0.717) is 23.2 Å². The van der Waals surface area contributed by atoms with Crippen molar-refractivity contribution in [1.82, 2.24) is 9.88 Å². The zero-order chi connectivity index (χ0) is 23.5. The van der Waals surface area contributed by atoms with Crippen LogP contribution in [-0.4, -0.2) is 57.1 Å². The minimum atomic E-state index is -3.47. The highest BCUT2D eigenvalue weighted by Crippen LogP contribution is 2.32. The van der Waals surface area contributed by atoms with E-state index in [0.717, 1.165) is 21.3 Å². The molecule has 2 aromatic carbocycles. The molecule has 0 bridgehead atoms. The second-order valence-electron chi connectivity index (χ2n) is 8.15. The fourth-order valence-corrected chi connectivity index (χ4v) is 5.91. The van der Waals surface area contributed by atoms with Crippen LogP contribution < -0.4 is 4.90 Å². The maximum absolute atomic E-state index is 13.1. The maximum Gasteiger partial charge on any atom is 0.228 e. The van der Waals surface area contributed by atoms with Crippen LogP contribution in [0.3, 0.4) is 0 Å². The molecule has 3 rings (SSSR count). The van der Waals surface area contributed by atoms with Crippen molar-refractivity contribution >= 4 is 54.0 Å². The number of hydrogen-bond donors (Lipinski definition) is 0. The second-order valence-corrected chi connectivity index (χ2v) is 11.7. The van der Waals surface area contributed by atoms with E-state index in [1.54, 1.807) is 17.0 Å². The number of carbonyl (C=O) groups is 1. The number of likely N-dealkylation sites (N-methyl/N-ethyl adjacent to an activating group) is 1. The van der Waals surface area contributed by atoms with E-state index in [9.17, 15) is 13.2 Å². The minimum Gasteiger partial charge on any atom is -0.308 e. The number of rotatable bonds is 9. The number of amides is 1. The summed E-state index contributed by atoms with van der Waals surface area (Å²) in [4.78, 5) is 21.7. The fourth-order valence-electron chi connectivity index (χ4n) is 3.42. The van der Waals surface area contributed by atoms with Gasteiger partial charge in [0, 0.05) is 24.5 Å². The quantitative estimate of drug-likeness (QED) is 0.431. The Morgan fingerprint density at radius 3 is 2.44 bits per heavy atom. The predicted molar refractivity (Wildman–Crippen MR) is 133 cm³/mol. The molecular weight excluding hydrogens is 466 g/mol. The Morgan fingerprint density at radius 1 is 1.09 bits per heavy atom. The SMILES string of the molecule is Cc1cc(C)c2sc(N(CCN(C)C)C(=O)CCCS(=O)(=O)c3ccc(Cl)cc3)nc2c1. The van der Waals surface area contributed by atoms with E-state index in [2.05, 4.69) is 6.07 Å². The molecule has 0 aliphatic rings. The number of carbonyl (C=O) groups excluding carboxylic acids is 1. The first-order valence-corrected chi connectivity index (χ1v) is 13.2. The Kier molecular flexibility index (Phi) is 7.92. The topological polar surface area (TPSA) is 70.6 Å². The van der Waals surface area contributed by atoms with Gasteiger partial charge in [-0.3, -0.25) is 9.69 Å². The van der Waals surface area contributed by atoms with Gasteiger partial charge in [-0.05, 0) is 75.8 Å². The van der Waals surface area contributed by atoms with Crippen molar-refractivity contribution in [2.24, 2.45) is 0 Å². The third kappa shape index (κ3) is 6.07. The standard InChI is InChI=1S/C23H28ClN3O3S2/c1-16-14-17(2)22-20(15-16)25-23(31-22)27(12-11-26(3)4)21(28)6-5-13-32(29,30)19-9-7-18(24)8-10-19/h7-10,14-15H,5-6,11-13H2,1-4H3. The third-order valence-corrected chi connectivity index (χ3v) is 8.39. The van der Waals surface area contributed by atoms with E-state index in [-0.39, 0.29) is 29.4 Å². The molecule has 0 unspecified atom stereocenters. The lowest BCUT2D eigenvalue weighted by Crippen LogP contribution is -2.36. The first kappa shape index (κ1) is 24.6. The number of fused-ring (bicyclic) bond motifs is 1. The Bertz CT molecular complexity index is 1210. The van der Waals surface area contributed by atoms with Crippen LogP contribution in [-0.2, 0) is 14.6 Å². The molecule has 0 N–H and O–H groups in total. The maximum atomic E-state index is 13.1. The van der Waals surface area contributed by atoms with Crippen LogP contribution in [0.2, 0.25) is 5.02 Å². The van der Waals surface area contributed by atoms with Gasteiger partial charge in [-0.15, -0.1) is 0 Å². The van der Waals surface area contributed by atoms with Gasteiger partial charge in [-0.1, -0.05) is 29.0 Å². The zero-order valence-electron chi connectivity index (χ0n) is 18.8. The average molecular weight is 494 g/mol. The normalized spacial score (nSPS) is 11.9. The summed E-state index contributed by atoms with van der Waals surface area (Å²) in [5.41, 5.74) is 3.15. The molecular formula is C23H28ClN3O3S2. The predicted octanol–water partition coefficient (Wildman–Crippen LogP) is 4.72. The molecule has 0 spiro atoms. The van der Waals surface area contributed by atoms with Gasteiger partial charge in [0.25, 0.3) is 0 Å². The van der Waals surface area contributed by atoms with Crippen molar-refractivity contribution in [2.75, 3.05) is 37.8 Å². The summed E-state index contributed by atoms with van der Waals surface area (Å²) in [5, 5.41) is 1.14. The molecule has 172 valence electrons. The largest absolute Gasteiger partial charge is 0.308 e. The number of hydrogen-bond acceptors (Lipinski definition) is 6. The van der Waals surface area contributed by atoms with Crippen LogP contribution in [0.5, 0.6) is 0 Å². The highest BCUT2D eigenvalue weighted by Gasteiger charge is 2.22. The molecule has 6 nitrogen and oxygen atoms in total. The zero-order valence-corrected chi connectivity index (χ0v) is 21.1. The van der Waals surface area contributed by atoms with Gasteiger partial charge >= 0.3 is 0 Å². The van der Waals surface area contributed by atoms with Crippen LogP contribution >= 0.6 is 22.9 Å². The van der Waals surface area contributed by atoms with E-state index < -0.39 is 9.84 Å². The third-order valence-electron chi connectivity index (χ3n) is 5.09. The molecule has 3 aromatic rings. The number of halogens is 1. The number of thiazole rings is 1. The summed E-state index contributed by atoms with van der Waals surface area (Å²) >= 11 is 7.35. The highest BCUT2D eigenvalue weighted by atomic mass is 35.5. The summed E-state index contributed by atoms with van der Waals surface area (Å²) in [6, 6.07) is 10.2. The van der Waals surface area contributed by atoms with Crippen LogP contribution in [0.15, 0.2) is 41.3 Å². The molecule has 0 fully saturated rings. The van der Waals surface area contributed by atoms with Crippen LogP contribution in [0.25, 0.3) is 10.2 Å². The summed E-state index contributed by atoms with van der Waals surface area (Å²) in [7, 11) is 0.433. The average Bonchev–Trinajstić information content (AvgIpc) is 3.12. The molecule has 0 radical (unpaired) electrons. The first-order chi connectivity index (χ1) is 15.1. The monoisotopic (exact) mass is 493 g/mol. The molecule has 9 heteroatoms. The Hall–Kier alpha value is -2.00. The molecule has 0 saturated carbocycles. The van der Waals surface area contributed by atoms with Crippen molar-refractivity contribution in [3.8, 4) is 0 Å². The smallest absolute Gasteiger partial charge is 0.228 e. The van der Waals surface area contributed by atoms with Crippen LogP contribution in [0.4, 0.5) is 5.13 Å². The summed E-state index contributed by atoms with van der Waals surface area (Å²) in [6.07, 6.45) is 0.374. The van der Waals surface area contributed by atoms with Crippen LogP contribution in [0, 0.1) is 13.8 Å². The number of aromatic nitrogens is 1. The van der Waals surface area contributed by atoms with E-state index in [1.165, 1.54) is 23.5 Å². The lowest BCUT2D eigenvalue weighted by molar-refractivity contribution is -0.118. The highest BCUT2D eigenvalue weighted by molar-refractivity contribution is 7.91. The molecule has 0 atom stereocenters. The van der Waals surface area contributed by atoms with Crippen molar-refractivity contribution in [3.63, 3.8) is 0 Å². The number of nitrogens with zero attached hydrogens (tertiary/aromatic N) is 3. The fraction of sp³-hybridized carbons (Fsp3) is 0.391. The Labute approximate surface area is 198 Å². The van der Waals surface area contributed by atoms with Crippen molar-refractivity contribution in [2.45, 2.75) is 31.6 Å². The van der Waals surface area contributed by atoms with Crippen molar-refractivity contribution in [3.05, 3.63) is 52.5 Å². The summed E-state index contributed by atoms with van der Waals surface area (Å²) in [5.74, 6) is -0.216. The number of benzene rings is 2. The van der Waals surface area contributed by atoms with Gasteiger partial charge in [0.2, 0.25) is 5.91 Å². The van der Waals surface area contributed by atoms with E-state index in [1.807, 2.05) is 38.9 Å². The lowest BCUT2D eigenvalue weighted by atomic mass is 10.1. The minimum absolute atomic E-state index is 0.0972. The summed E-state index contributed by atoms with van der Waals surface area (Å²) in [6.45, 7) is 5.25. The van der Waals surface area contributed by atoms with E-state index in [4.69, 9.17) is 16.6 Å². The molecule has 1 aromatic heterocycles. The summed E-state index contributed by atoms with van der Waals surface area (Å²) < 4.78 is 26.2. The van der Waals surface area contributed by atoms with Gasteiger partial charge in [-0.2, -0.15) is 0 Å². The molecule has 0 aliphatic heterocycles. The van der Waals surface area contributed by atoms with Gasteiger partial charge in [0.1, 0.15) is 0 Å². The van der Waals surface area contributed by atoms with Crippen molar-refractivity contribution in [1.29, 1.82) is 0 Å². The number of aryl methyl sites for hydroxylation is 2. The van der Waals surface area contributed by atoms with Gasteiger partial charge in [-0.25, -0.2) is 13.4 Å². The lowest BCUT2D eigenvalue weighted by Gasteiger charge is -2.22. The van der Waals surface area contributed by atoms with Gasteiger partial charge in [0.15, 0.2) is 15.0 Å². The van der Waals surface area contributed by atoms with Crippen LogP contribution in [0.1, 0.15) is 24.0 Å². The van der Waals surface area contributed by atoms with Gasteiger partial charge in [0.05, 0.1) is 20.9 Å². The number of sulfone groups is 1. The second kappa shape index (κ2) is 10.3. The first-order valence-electron chi connectivity index (χ1n) is 10.4. The molecule has 1 heterocycles. The Morgan fingerprint density at radius 2 is 1.78 bits per heavy atom. The molecule has 32 heavy (non-hydrogen) atoms. The number of anilines is 1. The van der Waals surface area contributed by atoms with Crippen molar-refractivity contribution < 1.29 is 13.2 Å². The van der Waals surface area contributed by atoms with Gasteiger partial charge < -0.3 is 4.90 Å².